The van der Waals surface area contributed by atoms with Crippen molar-refractivity contribution >= 4 is 6.09 Å². The normalized spacial score (nSPS) is 12.3. The Morgan fingerprint density at radius 1 is 0.565 bits per heavy atom. The predicted octanol–water partition coefficient (Wildman–Crippen LogP) is 10.2. The van der Waals surface area contributed by atoms with Crippen LogP contribution in [0.1, 0.15) is 127 Å². The van der Waals surface area contributed by atoms with E-state index in [-0.39, 0.29) is 12.0 Å². The molecule has 0 heterocycles. The smallest absolute Gasteiger partial charge is 0.409 e. The number of carbonyl (C=O) groups excluding carboxylic acids is 1. The lowest BCUT2D eigenvalue weighted by Gasteiger charge is -2.19. The van der Waals surface area contributed by atoms with Gasteiger partial charge in [-0.3, -0.25) is 0 Å². The van der Waals surface area contributed by atoms with Gasteiger partial charge in [0.15, 0.2) is 0 Å². The molecular formula is C40H63NO5. The number of likely N-dealkylation sites (N-methyl/N-ethyl adjacent to an activating group) is 1. The summed E-state index contributed by atoms with van der Waals surface area (Å²) in [6.45, 7) is 6.59. The molecule has 0 aromatic heterocycles. The Kier molecular flexibility index (Phi) is 20.4. The van der Waals surface area contributed by atoms with Gasteiger partial charge in [0.1, 0.15) is 6.61 Å². The first-order chi connectivity index (χ1) is 22.7. The highest BCUT2D eigenvalue weighted by Crippen LogP contribution is 2.44. The van der Waals surface area contributed by atoms with Gasteiger partial charge in [0.25, 0.3) is 0 Å². The van der Waals surface area contributed by atoms with Gasteiger partial charge in [-0.15, -0.1) is 0 Å². The first-order valence-electron chi connectivity index (χ1n) is 18.5. The van der Waals surface area contributed by atoms with E-state index in [0.29, 0.717) is 46.2 Å². The average molecular weight is 638 g/mol. The molecule has 258 valence electrons. The van der Waals surface area contributed by atoms with Crippen LogP contribution < -0.4 is 0 Å². The van der Waals surface area contributed by atoms with E-state index in [9.17, 15) is 4.79 Å². The van der Waals surface area contributed by atoms with Gasteiger partial charge in [-0.1, -0.05) is 152 Å². The highest BCUT2D eigenvalue weighted by Gasteiger charge is 2.29. The fourth-order valence-electron chi connectivity index (χ4n) is 6.29. The molecule has 0 bridgehead atoms. The van der Waals surface area contributed by atoms with Crippen molar-refractivity contribution in [1.82, 2.24) is 4.90 Å². The third kappa shape index (κ3) is 15.0. The summed E-state index contributed by atoms with van der Waals surface area (Å²) < 4.78 is 22.7. The van der Waals surface area contributed by atoms with Crippen LogP contribution in [-0.4, -0.2) is 70.8 Å². The summed E-state index contributed by atoms with van der Waals surface area (Å²) in [7, 11) is 1.75. The van der Waals surface area contributed by atoms with Gasteiger partial charge in [-0.2, -0.15) is 0 Å². The summed E-state index contributed by atoms with van der Waals surface area (Å²) in [5, 5.41) is 0. The quantitative estimate of drug-likeness (QED) is 0.0869. The van der Waals surface area contributed by atoms with E-state index < -0.39 is 0 Å². The highest BCUT2D eigenvalue weighted by molar-refractivity contribution is 5.79. The zero-order chi connectivity index (χ0) is 32.5. The molecule has 3 rings (SSSR count). The Balaban J connectivity index is 1.04. The maximum absolute atomic E-state index is 12.6. The third-order valence-electron chi connectivity index (χ3n) is 9.11. The Bertz CT molecular complexity index is 1010. The molecule has 0 fully saturated rings. The van der Waals surface area contributed by atoms with Crippen LogP contribution in [0.15, 0.2) is 48.5 Å². The second-order valence-corrected chi connectivity index (χ2v) is 12.9. The van der Waals surface area contributed by atoms with Crippen molar-refractivity contribution in [2.24, 2.45) is 0 Å². The Morgan fingerprint density at radius 2 is 0.978 bits per heavy atom. The molecule has 0 atom stereocenters. The number of hydrogen-bond donors (Lipinski definition) is 0. The Hall–Kier alpha value is -2.41. The van der Waals surface area contributed by atoms with Crippen LogP contribution in [0.3, 0.4) is 0 Å². The number of amides is 1. The van der Waals surface area contributed by atoms with Gasteiger partial charge in [0, 0.05) is 26.1 Å². The van der Waals surface area contributed by atoms with Crippen LogP contribution in [0.5, 0.6) is 0 Å². The third-order valence-corrected chi connectivity index (χ3v) is 9.11. The molecule has 0 radical (unpaired) electrons. The van der Waals surface area contributed by atoms with E-state index in [2.05, 4.69) is 43.3 Å². The Labute approximate surface area is 280 Å². The number of ether oxygens (including phenoxy) is 4. The minimum absolute atomic E-state index is 0.0658. The van der Waals surface area contributed by atoms with E-state index in [1.54, 1.807) is 11.9 Å². The van der Waals surface area contributed by atoms with Crippen molar-refractivity contribution in [3.8, 4) is 11.1 Å². The topological polar surface area (TPSA) is 57.2 Å². The van der Waals surface area contributed by atoms with Gasteiger partial charge in [-0.25, -0.2) is 4.79 Å². The van der Waals surface area contributed by atoms with Crippen molar-refractivity contribution in [3.63, 3.8) is 0 Å². The number of hydrogen-bond acceptors (Lipinski definition) is 5. The van der Waals surface area contributed by atoms with E-state index in [1.165, 1.54) is 119 Å². The number of unbranched alkanes of at least 4 members (excludes halogenated alkanes) is 15. The second kappa shape index (κ2) is 24.7. The first-order valence-corrected chi connectivity index (χ1v) is 18.5. The van der Waals surface area contributed by atoms with Crippen molar-refractivity contribution in [2.75, 3.05) is 59.8 Å². The molecule has 6 heteroatoms. The fourth-order valence-corrected chi connectivity index (χ4v) is 6.29. The SMILES string of the molecule is CCCCCCCCCCCCCCCCCCOCCOCCOCCN(C)C(=O)OCC1c2ccccc2-c2ccccc21. The maximum atomic E-state index is 12.6. The molecule has 0 N–H and O–H groups in total. The molecule has 0 spiro atoms. The van der Waals surface area contributed by atoms with Crippen molar-refractivity contribution in [3.05, 3.63) is 59.7 Å². The predicted molar refractivity (Wildman–Crippen MR) is 190 cm³/mol. The zero-order valence-electron chi connectivity index (χ0n) is 29.2. The van der Waals surface area contributed by atoms with Crippen molar-refractivity contribution < 1.29 is 23.7 Å². The molecule has 2 aromatic rings. The molecule has 6 nitrogen and oxygen atoms in total. The summed E-state index contributed by atoms with van der Waals surface area (Å²) in [6, 6.07) is 16.7. The molecule has 0 aliphatic heterocycles. The second-order valence-electron chi connectivity index (χ2n) is 12.9. The minimum Gasteiger partial charge on any atom is -0.448 e. The molecule has 46 heavy (non-hydrogen) atoms. The average Bonchev–Trinajstić information content (AvgIpc) is 3.40. The van der Waals surface area contributed by atoms with E-state index >= 15 is 0 Å². The lowest BCUT2D eigenvalue weighted by molar-refractivity contribution is 0.0105. The number of rotatable bonds is 28. The number of benzene rings is 2. The maximum Gasteiger partial charge on any atom is 0.409 e. The van der Waals surface area contributed by atoms with Crippen LogP contribution in [0, 0.1) is 0 Å². The van der Waals surface area contributed by atoms with Gasteiger partial charge >= 0.3 is 6.09 Å². The lowest BCUT2D eigenvalue weighted by atomic mass is 9.98. The number of nitrogens with zero attached hydrogens (tertiary/aromatic N) is 1. The lowest BCUT2D eigenvalue weighted by Crippen LogP contribution is -2.32. The fraction of sp³-hybridized carbons (Fsp3) is 0.675. The molecule has 0 saturated carbocycles. The Morgan fingerprint density at radius 3 is 1.48 bits per heavy atom. The van der Waals surface area contributed by atoms with E-state index in [1.807, 2.05) is 12.1 Å². The molecule has 0 saturated heterocycles. The van der Waals surface area contributed by atoms with E-state index in [0.717, 1.165) is 13.0 Å². The van der Waals surface area contributed by atoms with Gasteiger partial charge in [-0.05, 0) is 28.7 Å². The summed E-state index contributed by atoms with van der Waals surface area (Å²) in [5.74, 6) is 0.0658. The van der Waals surface area contributed by atoms with Crippen LogP contribution in [0.25, 0.3) is 11.1 Å². The minimum atomic E-state index is -0.330. The van der Waals surface area contributed by atoms with Gasteiger partial charge in [0.05, 0.1) is 33.0 Å². The van der Waals surface area contributed by atoms with Gasteiger partial charge < -0.3 is 23.8 Å². The first kappa shape index (κ1) is 38.0. The summed E-state index contributed by atoms with van der Waals surface area (Å²) >= 11 is 0. The van der Waals surface area contributed by atoms with Crippen molar-refractivity contribution in [1.29, 1.82) is 0 Å². The molecule has 1 amide bonds. The molecule has 2 aromatic carbocycles. The highest BCUT2D eigenvalue weighted by atomic mass is 16.6. The van der Waals surface area contributed by atoms with Crippen LogP contribution >= 0.6 is 0 Å². The van der Waals surface area contributed by atoms with Crippen LogP contribution in [-0.2, 0) is 18.9 Å². The summed E-state index contributed by atoms with van der Waals surface area (Å²) in [5.41, 5.74) is 4.89. The standard InChI is InChI=1S/C40H63NO5/c1-3-4-5-6-7-8-9-10-11-12-13-14-15-16-17-22-28-43-30-32-45-33-31-44-29-27-41(2)40(42)46-34-39-37-25-20-18-23-35(37)36-24-19-21-26-38(36)39/h18-21,23-26,39H,3-17,22,27-34H2,1-2H3. The van der Waals surface area contributed by atoms with Gasteiger partial charge in [0.2, 0.25) is 0 Å². The summed E-state index contributed by atoms with van der Waals surface area (Å²) in [4.78, 5) is 14.2. The van der Waals surface area contributed by atoms with Crippen LogP contribution in [0.4, 0.5) is 4.79 Å². The molecule has 0 unspecified atom stereocenters. The monoisotopic (exact) mass is 637 g/mol. The largest absolute Gasteiger partial charge is 0.448 e. The number of fused-ring (bicyclic) bond motifs is 3. The molecular weight excluding hydrogens is 574 g/mol. The zero-order valence-corrected chi connectivity index (χ0v) is 29.2. The summed E-state index contributed by atoms with van der Waals surface area (Å²) in [6.07, 6.45) is 21.8. The van der Waals surface area contributed by atoms with Crippen LogP contribution in [0.2, 0.25) is 0 Å². The van der Waals surface area contributed by atoms with E-state index in [4.69, 9.17) is 18.9 Å². The number of carbonyl (C=O) groups is 1. The molecule has 1 aliphatic carbocycles. The molecule has 1 aliphatic rings. The van der Waals surface area contributed by atoms with Crippen molar-refractivity contribution in [2.45, 2.75) is 116 Å².